The second kappa shape index (κ2) is 11.7. The first kappa shape index (κ1) is 21.3. The van der Waals surface area contributed by atoms with Gasteiger partial charge in [-0.25, -0.2) is 4.79 Å². The minimum atomic E-state index is -0.527. The van der Waals surface area contributed by atoms with Gasteiger partial charge >= 0.3 is 5.97 Å². The van der Waals surface area contributed by atoms with E-state index < -0.39 is 5.97 Å². The van der Waals surface area contributed by atoms with Gasteiger partial charge in [0.15, 0.2) is 5.71 Å². The summed E-state index contributed by atoms with van der Waals surface area (Å²) >= 11 is 0. The van der Waals surface area contributed by atoms with E-state index in [1.165, 1.54) is 14.0 Å². The van der Waals surface area contributed by atoms with Gasteiger partial charge < -0.3 is 14.3 Å². The average molecular weight is 383 g/mol. The lowest BCUT2D eigenvalue weighted by Crippen LogP contribution is -2.19. The van der Waals surface area contributed by atoms with E-state index in [9.17, 15) is 9.59 Å². The zero-order chi connectivity index (χ0) is 20.2. The van der Waals surface area contributed by atoms with Crippen molar-refractivity contribution in [1.29, 1.82) is 0 Å². The molecule has 28 heavy (non-hydrogen) atoms. The number of rotatable bonds is 11. The summed E-state index contributed by atoms with van der Waals surface area (Å²) in [6, 6.07) is 17.3. The van der Waals surface area contributed by atoms with Crippen LogP contribution < -0.4 is 0 Å². The van der Waals surface area contributed by atoms with E-state index in [0.29, 0.717) is 31.8 Å². The molecule has 0 aliphatic rings. The van der Waals surface area contributed by atoms with E-state index in [1.54, 1.807) is 12.1 Å². The molecule has 0 radical (unpaired) electrons. The Morgan fingerprint density at radius 1 is 1.04 bits per heavy atom. The van der Waals surface area contributed by atoms with Crippen LogP contribution in [0.4, 0.5) is 0 Å². The molecular weight excluding hydrogens is 358 g/mol. The molecule has 0 saturated carbocycles. The molecule has 0 fully saturated rings. The molecule has 0 aliphatic heterocycles. The Morgan fingerprint density at radius 3 is 2.39 bits per heavy atom. The lowest BCUT2D eigenvalue weighted by atomic mass is 10.00. The topological polar surface area (TPSA) is 74.2 Å². The van der Waals surface area contributed by atoms with Crippen LogP contribution >= 0.6 is 0 Å². The van der Waals surface area contributed by atoms with Crippen molar-refractivity contribution in [2.24, 2.45) is 11.1 Å². The number of esters is 1. The minimum Gasteiger partial charge on any atom is -0.464 e. The van der Waals surface area contributed by atoms with Crippen LogP contribution in [0.3, 0.4) is 0 Å². The van der Waals surface area contributed by atoms with Crippen molar-refractivity contribution in [3.63, 3.8) is 0 Å². The van der Waals surface area contributed by atoms with E-state index in [0.717, 1.165) is 17.4 Å². The molecule has 0 aliphatic carbocycles. The molecule has 0 bridgehead atoms. The first-order chi connectivity index (χ1) is 13.6. The molecule has 1 atom stereocenters. The summed E-state index contributed by atoms with van der Waals surface area (Å²) in [5.74, 6) is -0.499. The number of carbonyl (C=O) groups is 2. The van der Waals surface area contributed by atoms with Gasteiger partial charge in [-0.3, -0.25) is 4.79 Å². The van der Waals surface area contributed by atoms with Crippen molar-refractivity contribution in [2.45, 2.75) is 20.0 Å². The second-order valence-electron chi connectivity index (χ2n) is 6.39. The number of ether oxygens (including phenoxy) is 2. The highest BCUT2D eigenvalue weighted by Gasteiger charge is 2.13. The van der Waals surface area contributed by atoms with Gasteiger partial charge in [0.1, 0.15) is 12.9 Å². The standard InChI is InChI=1S/C22H25NO5/c1-17(22(25)26-2)23-28-16-21(12-18-8-10-19(13-24)11-9-18)15-27-14-20-6-4-3-5-7-20/h3-11,13,21H,12,14-16H2,1-2H3/b23-17+. The minimum absolute atomic E-state index is 0.0278. The highest BCUT2D eigenvalue weighted by Crippen LogP contribution is 2.13. The Hall–Kier alpha value is -2.99. The van der Waals surface area contributed by atoms with Crippen LogP contribution in [0.2, 0.25) is 0 Å². The van der Waals surface area contributed by atoms with Crippen LogP contribution in [-0.4, -0.2) is 38.3 Å². The molecule has 148 valence electrons. The summed E-state index contributed by atoms with van der Waals surface area (Å²) < 4.78 is 10.4. The molecule has 1 unspecified atom stereocenters. The van der Waals surface area contributed by atoms with E-state index in [4.69, 9.17) is 9.57 Å². The second-order valence-corrected chi connectivity index (χ2v) is 6.39. The van der Waals surface area contributed by atoms with E-state index >= 15 is 0 Å². The van der Waals surface area contributed by atoms with Crippen molar-refractivity contribution in [3.8, 4) is 0 Å². The molecule has 0 aromatic heterocycles. The van der Waals surface area contributed by atoms with E-state index in [1.807, 2.05) is 42.5 Å². The normalized spacial score (nSPS) is 12.3. The predicted molar refractivity (Wildman–Crippen MR) is 106 cm³/mol. The van der Waals surface area contributed by atoms with Crippen molar-refractivity contribution < 1.29 is 23.9 Å². The Balaban J connectivity index is 1.94. The summed E-state index contributed by atoms with van der Waals surface area (Å²) in [5.41, 5.74) is 2.95. The molecule has 0 heterocycles. The molecule has 6 heteroatoms. The van der Waals surface area contributed by atoms with Crippen molar-refractivity contribution in [3.05, 3.63) is 71.3 Å². The smallest absolute Gasteiger partial charge is 0.355 e. The van der Waals surface area contributed by atoms with Crippen LogP contribution in [0.1, 0.15) is 28.4 Å². The Morgan fingerprint density at radius 2 is 1.75 bits per heavy atom. The van der Waals surface area contributed by atoms with Gasteiger partial charge in [0.25, 0.3) is 0 Å². The highest BCUT2D eigenvalue weighted by molar-refractivity contribution is 6.35. The molecule has 6 nitrogen and oxygen atoms in total. The predicted octanol–water partition coefficient (Wildman–Crippen LogP) is 3.44. The van der Waals surface area contributed by atoms with Gasteiger partial charge in [-0.05, 0) is 24.5 Å². The van der Waals surface area contributed by atoms with Crippen molar-refractivity contribution in [1.82, 2.24) is 0 Å². The molecule has 0 amide bonds. The zero-order valence-electron chi connectivity index (χ0n) is 16.2. The van der Waals surface area contributed by atoms with Gasteiger partial charge in [-0.2, -0.15) is 0 Å². The number of benzene rings is 2. The number of aldehydes is 1. The maximum atomic E-state index is 11.4. The maximum absolute atomic E-state index is 11.4. The highest BCUT2D eigenvalue weighted by atomic mass is 16.6. The SMILES string of the molecule is COC(=O)/C(C)=N/OCC(COCc1ccccc1)Cc1ccc(C=O)cc1. The third-order valence-electron chi connectivity index (χ3n) is 4.10. The third kappa shape index (κ3) is 7.32. The van der Waals surface area contributed by atoms with Crippen LogP contribution in [-0.2, 0) is 32.1 Å². The Kier molecular flexibility index (Phi) is 8.88. The monoisotopic (exact) mass is 383 g/mol. The fourth-order valence-electron chi connectivity index (χ4n) is 2.57. The summed E-state index contributed by atoms with van der Waals surface area (Å²) in [7, 11) is 1.30. The van der Waals surface area contributed by atoms with Crippen molar-refractivity contribution >= 4 is 18.0 Å². The zero-order valence-corrected chi connectivity index (χ0v) is 16.2. The van der Waals surface area contributed by atoms with Gasteiger partial charge in [0.2, 0.25) is 0 Å². The number of oxime groups is 1. The summed E-state index contributed by atoms with van der Waals surface area (Å²) in [4.78, 5) is 27.5. The Labute approximate surface area is 165 Å². The molecule has 2 aromatic carbocycles. The van der Waals surface area contributed by atoms with Crippen LogP contribution in [0.15, 0.2) is 59.8 Å². The first-order valence-corrected chi connectivity index (χ1v) is 9.03. The van der Waals surface area contributed by atoms with E-state index in [2.05, 4.69) is 9.89 Å². The van der Waals surface area contributed by atoms with Crippen molar-refractivity contribution in [2.75, 3.05) is 20.3 Å². The molecular formula is C22H25NO5. The summed E-state index contributed by atoms with van der Waals surface area (Å²) in [6.45, 7) is 2.80. The molecule has 2 aromatic rings. The van der Waals surface area contributed by atoms with Crippen LogP contribution in [0.25, 0.3) is 0 Å². The average Bonchev–Trinajstić information content (AvgIpc) is 2.74. The summed E-state index contributed by atoms with van der Waals surface area (Å²) in [6.07, 6.45) is 1.51. The quantitative estimate of drug-likeness (QED) is 0.257. The number of nitrogens with zero attached hydrogens (tertiary/aromatic N) is 1. The molecule has 0 spiro atoms. The first-order valence-electron chi connectivity index (χ1n) is 9.03. The number of methoxy groups -OCH3 is 1. The van der Waals surface area contributed by atoms with Crippen LogP contribution in [0, 0.1) is 5.92 Å². The van der Waals surface area contributed by atoms with Gasteiger partial charge in [-0.15, -0.1) is 0 Å². The molecule has 2 rings (SSSR count). The van der Waals surface area contributed by atoms with Gasteiger partial charge in [-0.1, -0.05) is 59.8 Å². The molecule has 0 saturated heterocycles. The van der Waals surface area contributed by atoms with E-state index in [-0.39, 0.29) is 11.6 Å². The van der Waals surface area contributed by atoms with Crippen LogP contribution in [0.5, 0.6) is 0 Å². The third-order valence-corrected chi connectivity index (χ3v) is 4.10. The van der Waals surface area contributed by atoms with Gasteiger partial charge in [0.05, 0.1) is 20.3 Å². The number of hydrogen-bond donors (Lipinski definition) is 0. The maximum Gasteiger partial charge on any atom is 0.355 e. The lowest BCUT2D eigenvalue weighted by Gasteiger charge is -2.16. The largest absolute Gasteiger partial charge is 0.464 e. The fraction of sp³-hybridized carbons (Fsp3) is 0.318. The lowest BCUT2D eigenvalue weighted by molar-refractivity contribution is -0.133. The number of carbonyl (C=O) groups excluding carboxylic acids is 2. The Bertz CT molecular complexity index is 771. The fourth-order valence-corrected chi connectivity index (χ4v) is 2.57. The van der Waals surface area contributed by atoms with Gasteiger partial charge in [0, 0.05) is 11.5 Å². The number of hydrogen-bond acceptors (Lipinski definition) is 6. The summed E-state index contributed by atoms with van der Waals surface area (Å²) in [5, 5.41) is 3.81. The molecule has 0 N–H and O–H groups in total.